The van der Waals surface area contributed by atoms with Crippen LogP contribution in [0.15, 0.2) is 39.8 Å². The quantitative estimate of drug-likeness (QED) is 0.802. The zero-order valence-electron chi connectivity index (χ0n) is 9.77. The third kappa shape index (κ3) is 3.20. The van der Waals surface area contributed by atoms with E-state index in [9.17, 15) is 12.8 Å². The Kier molecular flexibility index (Phi) is 4.17. The second-order valence-corrected chi connectivity index (χ2v) is 6.71. The maximum atomic E-state index is 13.7. The van der Waals surface area contributed by atoms with Crippen molar-refractivity contribution in [3.63, 3.8) is 0 Å². The van der Waals surface area contributed by atoms with Gasteiger partial charge in [0.05, 0.1) is 5.02 Å². The highest BCUT2D eigenvalue weighted by Crippen LogP contribution is 2.27. The SMILES string of the molecule is Nc1cc(S(=O)(=O)Nc2ccc(Cl)cn2)c(F)cc1Br. The molecule has 5 nitrogen and oxygen atoms in total. The van der Waals surface area contributed by atoms with Crippen LogP contribution in [-0.2, 0) is 10.0 Å². The molecule has 106 valence electrons. The largest absolute Gasteiger partial charge is 0.398 e. The van der Waals surface area contributed by atoms with E-state index < -0.39 is 20.7 Å². The standard InChI is InChI=1S/C11H8BrClFN3O2S/c12-7-3-8(14)10(4-9(7)15)20(18,19)17-11-2-1-6(13)5-16-11/h1-5H,15H2,(H,16,17). The molecule has 0 spiro atoms. The van der Waals surface area contributed by atoms with Crippen molar-refractivity contribution in [3.05, 3.63) is 45.8 Å². The summed E-state index contributed by atoms with van der Waals surface area (Å²) in [5.74, 6) is -0.900. The van der Waals surface area contributed by atoms with Crippen molar-refractivity contribution in [3.8, 4) is 0 Å². The highest BCUT2D eigenvalue weighted by Gasteiger charge is 2.21. The number of nitrogen functional groups attached to an aromatic ring is 1. The van der Waals surface area contributed by atoms with E-state index in [2.05, 4.69) is 25.6 Å². The van der Waals surface area contributed by atoms with Gasteiger partial charge < -0.3 is 5.73 Å². The van der Waals surface area contributed by atoms with E-state index in [1.807, 2.05) is 0 Å². The predicted octanol–water partition coefficient (Wildman–Crippen LogP) is 3.02. The van der Waals surface area contributed by atoms with Crippen molar-refractivity contribution in [1.29, 1.82) is 0 Å². The number of anilines is 2. The Hall–Kier alpha value is -1.38. The minimum absolute atomic E-state index is 0.0234. The Morgan fingerprint density at radius 2 is 2.05 bits per heavy atom. The van der Waals surface area contributed by atoms with Gasteiger partial charge in [0.1, 0.15) is 16.5 Å². The van der Waals surface area contributed by atoms with Gasteiger partial charge in [0, 0.05) is 16.4 Å². The van der Waals surface area contributed by atoms with Crippen LogP contribution in [-0.4, -0.2) is 13.4 Å². The van der Waals surface area contributed by atoms with Crippen LogP contribution in [0, 0.1) is 5.82 Å². The van der Waals surface area contributed by atoms with Crippen molar-refractivity contribution in [1.82, 2.24) is 4.98 Å². The van der Waals surface area contributed by atoms with Crippen LogP contribution in [0.5, 0.6) is 0 Å². The molecule has 2 aromatic rings. The molecule has 0 radical (unpaired) electrons. The van der Waals surface area contributed by atoms with Gasteiger partial charge in [-0.25, -0.2) is 17.8 Å². The predicted molar refractivity (Wildman–Crippen MR) is 78.6 cm³/mol. The summed E-state index contributed by atoms with van der Waals surface area (Å²) in [6.07, 6.45) is 1.27. The Morgan fingerprint density at radius 1 is 1.35 bits per heavy atom. The monoisotopic (exact) mass is 379 g/mol. The van der Waals surface area contributed by atoms with Crippen LogP contribution in [0.25, 0.3) is 0 Å². The normalized spacial score (nSPS) is 11.3. The number of rotatable bonds is 3. The Morgan fingerprint density at radius 3 is 2.65 bits per heavy atom. The molecule has 9 heteroatoms. The molecule has 1 heterocycles. The third-order valence-corrected chi connectivity index (χ3v) is 4.59. The Balaban J connectivity index is 2.40. The van der Waals surface area contributed by atoms with E-state index in [4.69, 9.17) is 17.3 Å². The van der Waals surface area contributed by atoms with Crippen molar-refractivity contribution in [2.75, 3.05) is 10.5 Å². The summed E-state index contributed by atoms with van der Waals surface area (Å²) in [6, 6.07) is 4.83. The highest BCUT2D eigenvalue weighted by atomic mass is 79.9. The fourth-order valence-electron chi connectivity index (χ4n) is 1.38. The number of aromatic nitrogens is 1. The van der Waals surface area contributed by atoms with E-state index in [0.717, 1.165) is 12.1 Å². The maximum Gasteiger partial charge on any atom is 0.266 e. The fraction of sp³-hybridized carbons (Fsp3) is 0. The third-order valence-electron chi connectivity index (χ3n) is 2.31. The molecule has 3 N–H and O–H groups in total. The molecule has 0 atom stereocenters. The van der Waals surface area contributed by atoms with Crippen LogP contribution in [0.2, 0.25) is 5.02 Å². The van der Waals surface area contributed by atoms with Crippen molar-refractivity contribution >= 4 is 49.1 Å². The maximum absolute atomic E-state index is 13.7. The average molecular weight is 381 g/mol. The molecule has 0 aliphatic heterocycles. The van der Waals surface area contributed by atoms with Gasteiger partial charge in [0.25, 0.3) is 10.0 Å². The first-order valence-electron chi connectivity index (χ1n) is 5.18. The summed E-state index contributed by atoms with van der Waals surface area (Å²) in [5.41, 5.74) is 5.67. The lowest BCUT2D eigenvalue weighted by molar-refractivity contribution is 0.570. The van der Waals surface area contributed by atoms with Crippen molar-refractivity contribution in [2.45, 2.75) is 4.90 Å². The number of hydrogen-bond donors (Lipinski definition) is 2. The summed E-state index contributed by atoms with van der Waals surface area (Å²) in [4.78, 5) is 3.21. The van der Waals surface area contributed by atoms with Crippen LogP contribution in [0.4, 0.5) is 15.9 Å². The molecule has 0 saturated heterocycles. The minimum atomic E-state index is -4.13. The lowest BCUT2D eigenvalue weighted by atomic mass is 10.3. The molecule has 0 aliphatic carbocycles. The van der Waals surface area contributed by atoms with Gasteiger partial charge in [-0.3, -0.25) is 4.72 Å². The topological polar surface area (TPSA) is 85.1 Å². The molecule has 2 rings (SSSR count). The first-order valence-corrected chi connectivity index (χ1v) is 7.84. The van der Waals surface area contributed by atoms with Crippen LogP contribution >= 0.6 is 27.5 Å². The lowest BCUT2D eigenvalue weighted by Crippen LogP contribution is -2.15. The van der Waals surface area contributed by atoms with E-state index in [1.165, 1.54) is 18.3 Å². The van der Waals surface area contributed by atoms with E-state index in [-0.39, 0.29) is 16.0 Å². The van der Waals surface area contributed by atoms with Gasteiger partial charge in [-0.2, -0.15) is 0 Å². The zero-order chi connectivity index (χ0) is 14.9. The van der Waals surface area contributed by atoms with Gasteiger partial charge in [-0.1, -0.05) is 11.6 Å². The second kappa shape index (κ2) is 5.55. The molecule has 0 unspecified atom stereocenters. The molecular weight excluding hydrogens is 373 g/mol. The molecule has 0 aliphatic rings. The molecule has 1 aromatic heterocycles. The number of nitrogens with one attached hydrogen (secondary N) is 1. The Labute approximate surface area is 128 Å². The molecule has 0 amide bonds. The average Bonchev–Trinajstić information content (AvgIpc) is 2.36. The number of halogens is 3. The molecule has 20 heavy (non-hydrogen) atoms. The van der Waals surface area contributed by atoms with Crippen molar-refractivity contribution < 1.29 is 12.8 Å². The van der Waals surface area contributed by atoms with E-state index >= 15 is 0 Å². The number of benzene rings is 1. The van der Waals surface area contributed by atoms with E-state index in [1.54, 1.807) is 0 Å². The second-order valence-electron chi connectivity index (χ2n) is 3.77. The van der Waals surface area contributed by atoms with Crippen LogP contribution < -0.4 is 10.5 Å². The minimum Gasteiger partial charge on any atom is -0.398 e. The Bertz CT molecular complexity index is 753. The first-order chi connectivity index (χ1) is 9.29. The summed E-state index contributed by atoms with van der Waals surface area (Å²) in [7, 11) is -4.13. The summed E-state index contributed by atoms with van der Waals surface area (Å²) in [6.45, 7) is 0. The fourth-order valence-corrected chi connectivity index (χ4v) is 2.91. The van der Waals surface area contributed by atoms with Gasteiger partial charge in [-0.15, -0.1) is 0 Å². The van der Waals surface area contributed by atoms with Gasteiger partial charge in [-0.05, 0) is 40.2 Å². The lowest BCUT2D eigenvalue weighted by Gasteiger charge is -2.09. The van der Waals surface area contributed by atoms with Crippen molar-refractivity contribution in [2.24, 2.45) is 0 Å². The molecular formula is C11H8BrClFN3O2S. The molecule has 0 fully saturated rings. The summed E-state index contributed by atoms with van der Waals surface area (Å²) >= 11 is 8.66. The first kappa shape index (κ1) is 15.0. The number of sulfonamides is 1. The van der Waals surface area contributed by atoms with Crippen LogP contribution in [0.1, 0.15) is 0 Å². The zero-order valence-corrected chi connectivity index (χ0v) is 12.9. The summed E-state index contributed by atoms with van der Waals surface area (Å²) in [5, 5.41) is 0.354. The number of pyridine rings is 1. The summed E-state index contributed by atoms with van der Waals surface area (Å²) < 4.78 is 40.3. The molecule has 0 bridgehead atoms. The van der Waals surface area contributed by atoms with Gasteiger partial charge in [0.2, 0.25) is 0 Å². The van der Waals surface area contributed by atoms with Crippen LogP contribution in [0.3, 0.4) is 0 Å². The smallest absolute Gasteiger partial charge is 0.266 e. The molecule has 0 saturated carbocycles. The van der Waals surface area contributed by atoms with Gasteiger partial charge in [0.15, 0.2) is 0 Å². The molecule has 1 aromatic carbocycles. The van der Waals surface area contributed by atoms with E-state index in [0.29, 0.717) is 5.02 Å². The highest BCUT2D eigenvalue weighted by molar-refractivity contribution is 9.10. The number of nitrogens with zero attached hydrogens (tertiary/aromatic N) is 1. The van der Waals surface area contributed by atoms with Gasteiger partial charge >= 0.3 is 0 Å². The number of hydrogen-bond acceptors (Lipinski definition) is 4. The number of nitrogens with two attached hydrogens (primary N) is 1.